The second-order valence-corrected chi connectivity index (χ2v) is 6.53. The van der Waals surface area contributed by atoms with Crippen LogP contribution in [-0.2, 0) is 11.3 Å². The van der Waals surface area contributed by atoms with E-state index < -0.39 is 10.2 Å². The lowest BCUT2D eigenvalue weighted by Crippen LogP contribution is -3.12. The average molecular weight is 379 g/mol. The van der Waals surface area contributed by atoms with Crippen molar-refractivity contribution in [2.24, 2.45) is 0 Å². The Morgan fingerprint density at radius 2 is 1.54 bits per heavy atom. The van der Waals surface area contributed by atoms with Gasteiger partial charge >= 0.3 is 0 Å². The standard InChI is InChI=1S/C18H18N2O.ClHO4/c19-13-17-3-1-2-4-18(17)16-7-5-15(6-8-16)14-20-9-11-21-12-10-20;2-1(3,4)5/h1-8H,9-12,14H2;(H,2,3,4,5). The Hall–Kier alpha value is -2.02. The fraction of sp³-hybridized carbons (Fsp3) is 0.278. The molecule has 1 fully saturated rings. The molecule has 0 atom stereocenters. The number of nitrogens with zero attached hydrogens (tertiary/aromatic N) is 1. The van der Waals surface area contributed by atoms with Crippen molar-refractivity contribution in [3.05, 3.63) is 59.7 Å². The summed E-state index contributed by atoms with van der Waals surface area (Å²) < 4.78 is 39.4. The summed E-state index contributed by atoms with van der Waals surface area (Å²) in [5.41, 5.74) is 4.17. The van der Waals surface area contributed by atoms with E-state index in [1.807, 2.05) is 24.3 Å². The molecule has 0 saturated carbocycles. The average Bonchev–Trinajstić information content (AvgIpc) is 2.62. The van der Waals surface area contributed by atoms with Crippen LogP contribution >= 0.6 is 0 Å². The molecule has 1 N–H and O–H groups in total. The number of rotatable bonds is 3. The van der Waals surface area contributed by atoms with Crippen LogP contribution in [0.3, 0.4) is 0 Å². The lowest BCUT2D eigenvalue weighted by molar-refractivity contribution is -2.00. The van der Waals surface area contributed by atoms with Gasteiger partial charge in [-0.25, -0.2) is 18.6 Å². The summed E-state index contributed by atoms with van der Waals surface area (Å²) in [5.74, 6) is 0. The Labute approximate surface area is 154 Å². The van der Waals surface area contributed by atoms with Crippen LogP contribution in [-0.4, -0.2) is 26.3 Å². The van der Waals surface area contributed by atoms with Crippen molar-refractivity contribution in [1.82, 2.24) is 0 Å². The molecule has 0 amide bonds. The van der Waals surface area contributed by atoms with Gasteiger partial charge in [0.25, 0.3) is 0 Å². The third kappa shape index (κ3) is 7.07. The van der Waals surface area contributed by atoms with E-state index >= 15 is 0 Å². The van der Waals surface area contributed by atoms with Crippen LogP contribution in [0.5, 0.6) is 0 Å². The van der Waals surface area contributed by atoms with Gasteiger partial charge in [-0.2, -0.15) is 5.26 Å². The van der Waals surface area contributed by atoms with Crippen LogP contribution in [0.15, 0.2) is 48.5 Å². The molecule has 0 bridgehead atoms. The summed E-state index contributed by atoms with van der Waals surface area (Å²) in [4.78, 5) is 1.58. The summed E-state index contributed by atoms with van der Waals surface area (Å²) in [5, 5.41) is 9.19. The van der Waals surface area contributed by atoms with Crippen LogP contribution in [0.1, 0.15) is 11.1 Å². The van der Waals surface area contributed by atoms with Crippen molar-refractivity contribution >= 4 is 0 Å². The summed E-state index contributed by atoms with van der Waals surface area (Å²) in [6.45, 7) is 4.94. The molecule has 0 unspecified atom stereocenters. The Bertz CT molecular complexity index is 728. The fourth-order valence-electron chi connectivity index (χ4n) is 2.76. The largest absolute Gasteiger partial charge is 0.370 e. The first kappa shape index (κ1) is 20.3. The maximum atomic E-state index is 9.19. The van der Waals surface area contributed by atoms with Gasteiger partial charge in [0.1, 0.15) is 19.6 Å². The van der Waals surface area contributed by atoms with E-state index in [9.17, 15) is 5.26 Å². The highest BCUT2D eigenvalue weighted by molar-refractivity contribution is 5.70. The third-order valence-corrected chi connectivity index (χ3v) is 3.97. The molecular formula is C18H19ClN2O5. The summed E-state index contributed by atoms with van der Waals surface area (Å²) >= 11 is 0. The molecule has 0 spiro atoms. The zero-order valence-electron chi connectivity index (χ0n) is 14.0. The van der Waals surface area contributed by atoms with Crippen molar-refractivity contribution in [2.45, 2.75) is 6.54 Å². The van der Waals surface area contributed by atoms with E-state index in [0.717, 1.165) is 49.5 Å². The molecule has 1 saturated heterocycles. The maximum Gasteiger partial charge on any atom is 0.103 e. The molecule has 1 aliphatic rings. The van der Waals surface area contributed by atoms with Crippen LogP contribution < -0.4 is 23.5 Å². The molecule has 2 aromatic rings. The first-order chi connectivity index (χ1) is 12.4. The Morgan fingerprint density at radius 1 is 0.962 bits per heavy atom. The quantitative estimate of drug-likeness (QED) is 0.601. The lowest BCUT2D eigenvalue weighted by atomic mass is 9.99. The third-order valence-electron chi connectivity index (χ3n) is 3.97. The van der Waals surface area contributed by atoms with Crippen molar-refractivity contribution in [1.29, 1.82) is 5.26 Å². The van der Waals surface area contributed by atoms with Crippen molar-refractivity contribution in [2.75, 3.05) is 26.3 Å². The molecule has 2 aromatic carbocycles. The molecule has 1 heterocycles. The number of hydrogen-bond donors (Lipinski definition) is 1. The molecule has 8 heteroatoms. The van der Waals surface area contributed by atoms with E-state index in [1.165, 1.54) is 5.56 Å². The van der Waals surface area contributed by atoms with Crippen molar-refractivity contribution in [3.63, 3.8) is 0 Å². The van der Waals surface area contributed by atoms with E-state index in [-0.39, 0.29) is 0 Å². The van der Waals surface area contributed by atoms with E-state index in [2.05, 4.69) is 30.3 Å². The van der Waals surface area contributed by atoms with Crippen LogP contribution in [0.25, 0.3) is 11.1 Å². The molecule has 1 aliphatic heterocycles. The first-order valence-electron chi connectivity index (χ1n) is 7.98. The summed E-state index contributed by atoms with van der Waals surface area (Å²) in [7, 11) is -4.94. The number of nitriles is 1. The Morgan fingerprint density at radius 3 is 2.12 bits per heavy atom. The molecule has 0 aromatic heterocycles. The second-order valence-electron chi connectivity index (χ2n) is 5.77. The predicted octanol–water partition coefficient (Wildman–Crippen LogP) is -3.12. The highest BCUT2D eigenvalue weighted by Crippen LogP contribution is 2.23. The monoisotopic (exact) mass is 378 g/mol. The zero-order chi connectivity index (χ0) is 19.0. The van der Waals surface area contributed by atoms with Crippen LogP contribution in [0, 0.1) is 21.6 Å². The molecule has 138 valence electrons. The second kappa shape index (κ2) is 9.62. The minimum atomic E-state index is -4.94. The van der Waals surface area contributed by atoms with Gasteiger partial charge in [-0.05, 0) is 17.2 Å². The Balaban J connectivity index is 0.000000431. The first-order valence-corrected chi connectivity index (χ1v) is 9.22. The molecular weight excluding hydrogens is 360 g/mol. The highest BCUT2D eigenvalue weighted by Gasteiger charge is 2.14. The number of quaternary nitrogens is 1. The topological polar surface area (TPSA) is 130 Å². The van der Waals surface area contributed by atoms with Gasteiger partial charge in [-0.3, -0.25) is 0 Å². The summed E-state index contributed by atoms with van der Waals surface area (Å²) in [6, 6.07) is 18.6. The fourth-order valence-corrected chi connectivity index (χ4v) is 2.76. The summed E-state index contributed by atoms with van der Waals surface area (Å²) in [6.07, 6.45) is 0. The smallest absolute Gasteiger partial charge is 0.103 e. The van der Waals surface area contributed by atoms with Crippen LogP contribution in [0.4, 0.5) is 0 Å². The highest BCUT2D eigenvalue weighted by atomic mass is 35.7. The van der Waals surface area contributed by atoms with Gasteiger partial charge in [0.2, 0.25) is 0 Å². The van der Waals surface area contributed by atoms with Crippen molar-refractivity contribution < 1.29 is 38.5 Å². The number of nitrogens with one attached hydrogen (secondary N) is 1. The molecule has 26 heavy (non-hydrogen) atoms. The number of morpholine rings is 1. The minimum Gasteiger partial charge on any atom is -0.370 e. The van der Waals surface area contributed by atoms with E-state index in [4.69, 9.17) is 23.4 Å². The van der Waals surface area contributed by atoms with Gasteiger partial charge in [-0.1, -0.05) is 42.5 Å². The van der Waals surface area contributed by atoms with Gasteiger partial charge < -0.3 is 9.64 Å². The van der Waals surface area contributed by atoms with Gasteiger partial charge in [0.05, 0.1) is 24.8 Å². The normalized spacial score (nSPS) is 14.9. The van der Waals surface area contributed by atoms with Gasteiger partial charge in [-0.15, -0.1) is 10.2 Å². The Kier molecular flexibility index (Phi) is 7.50. The van der Waals surface area contributed by atoms with Crippen molar-refractivity contribution in [3.8, 4) is 17.2 Å². The maximum absolute atomic E-state index is 9.19. The minimum absolute atomic E-state index is 0.726. The molecule has 0 aliphatic carbocycles. The van der Waals surface area contributed by atoms with Crippen LogP contribution in [0.2, 0.25) is 0 Å². The molecule has 7 nitrogen and oxygen atoms in total. The molecule has 3 rings (SSSR count). The number of benzene rings is 2. The number of halogens is 1. The zero-order valence-corrected chi connectivity index (χ0v) is 14.8. The molecule has 0 radical (unpaired) electrons. The number of hydrogen-bond acceptors (Lipinski definition) is 6. The van der Waals surface area contributed by atoms with Gasteiger partial charge in [0, 0.05) is 5.56 Å². The number of ether oxygens (including phenoxy) is 1. The van der Waals surface area contributed by atoms with E-state index in [1.54, 1.807) is 4.90 Å². The predicted molar refractivity (Wildman–Crippen MR) is 81.8 cm³/mol. The SMILES string of the molecule is N#Cc1ccccc1-c1ccc(C[NH+]2CCOCC2)cc1.[O-][Cl+3]([O-])([O-])[O-]. The lowest BCUT2D eigenvalue weighted by Gasteiger charge is -2.23. The van der Waals surface area contributed by atoms with E-state index in [0.29, 0.717) is 0 Å². The van der Waals surface area contributed by atoms with Gasteiger partial charge in [0.15, 0.2) is 0 Å².